The first kappa shape index (κ1) is 26.5. The number of halogens is 1. The van der Waals surface area contributed by atoms with Crippen LogP contribution in [0.15, 0.2) is 4.99 Å². The lowest BCUT2D eigenvalue weighted by atomic mass is 9.85. The maximum Gasteiger partial charge on any atom is 0.223 e. The van der Waals surface area contributed by atoms with Crippen LogP contribution in [0, 0.1) is 11.3 Å². The lowest BCUT2D eigenvalue weighted by Gasteiger charge is -2.30. The van der Waals surface area contributed by atoms with E-state index in [1.165, 1.54) is 6.26 Å². The molecule has 2 fully saturated rings. The SMILES string of the molecule is CCNC(=NCC(C)(C)CCS(C)(=O)=O)NC1CCCC(C(=O)NC2CC2)C1.I. The summed E-state index contributed by atoms with van der Waals surface area (Å²) >= 11 is 0. The monoisotopic (exact) mass is 542 g/mol. The van der Waals surface area contributed by atoms with E-state index in [1.54, 1.807) is 0 Å². The molecule has 0 aromatic rings. The number of sulfone groups is 1. The topological polar surface area (TPSA) is 99.7 Å². The molecule has 0 aromatic carbocycles. The highest BCUT2D eigenvalue weighted by Crippen LogP contribution is 2.27. The van der Waals surface area contributed by atoms with E-state index in [1.807, 2.05) is 20.8 Å². The summed E-state index contributed by atoms with van der Waals surface area (Å²) in [6, 6.07) is 0.648. The number of nitrogens with zero attached hydrogens (tertiary/aromatic N) is 1. The molecule has 0 aromatic heterocycles. The molecule has 0 bridgehead atoms. The number of carbonyl (C=O) groups is 1. The van der Waals surface area contributed by atoms with Gasteiger partial charge in [0.05, 0.1) is 5.75 Å². The van der Waals surface area contributed by atoms with Gasteiger partial charge in [0.25, 0.3) is 0 Å². The van der Waals surface area contributed by atoms with Crippen LogP contribution in [0.1, 0.15) is 65.7 Å². The van der Waals surface area contributed by atoms with Crippen molar-refractivity contribution in [2.45, 2.75) is 77.8 Å². The molecule has 2 aliphatic rings. The average Bonchev–Trinajstić information content (AvgIpc) is 3.42. The summed E-state index contributed by atoms with van der Waals surface area (Å²) in [5.41, 5.74) is -0.190. The predicted molar refractivity (Wildman–Crippen MR) is 130 cm³/mol. The van der Waals surface area contributed by atoms with Gasteiger partial charge in [0.15, 0.2) is 5.96 Å². The Labute approximate surface area is 193 Å². The van der Waals surface area contributed by atoms with E-state index in [2.05, 4.69) is 16.0 Å². The largest absolute Gasteiger partial charge is 0.357 e. The summed E-state index contributed by atoms with van der Waals surface area (Å²) in [5, 5.41) is 9.91. The standard InChI is InChI=1S/C20H38N4O3S.HI/c1-5-21-19(22-14-20(2,3)11-12-28(4,26)27)24-17-8-6-7-15(13-17)18(25)23-16-9-10-16;/h15-17H,5-14H2,1-4H3,(H,23,25)(H2,21,22,24);1H. The van der Waals surface area contributed by atoms with Crippen molar-refractivity contribution in [2.75, 3.05) is 25.1 Å². The Morgan fingerprint density at radius 3 is 2.38 bits per heavy atom. The fraction of sp³-hybridized carbons (Fsp3) is 0.900. The quantitative estimate of drug-likeness (QED) is 0.236. The molecule has 1 amide bonds. The van der Waals surface area contributed by atoms with Gasteiger partial charge in [0, 0.05) is 37.3 Å². The number of guanidine groups is 1. The zero-order valence-electron chi connectivity index (χ0n) is 18.3. The zero-order valence-corrected chi connectivity index (χ0v) is 21.4. The Hall–Kier alpha value is -0.580. The van der Waals surface area contributed by atoms with Crippen LogP contribution in [-0.2, 0) is 14.6 Å². The number of hydrogen-bond acceptors (Lipinski definition) is 4. The van der Waals surface area contributed by atoms with Crippen molar-refractivity contribution in [1.82, 2.24) is 16.0 Å². The molecule has 0 spiro atoms. The summed E-state index contributed by atoms with van der Waals surface area (Å²) in [4.78, 5) is 17.1. The molecule has 3 N–H and O–H groups in total. The number of aliphatic imine (C=N–C) groups is 1. The normalized spacial score (nSPS) is 23.1. The Balaban J connectivity index is 0.00000420. The van der Waals surface area contributed by atoms with Crippen LogP contribution in [0.3, 0.4) is 0 Å². The number of rotatable bonds is 9. The van der Waals surface area contributed by atoms with Crippen molar-refractivity contribution in [3.8, 4) is 0 Å². The first-order chi connectivity index (χ1) is 13.1. The molecule has 2 saturated carbocycles. The molecule has 7 nitrogen and oxygen atoms in total. The third kappa shape index (κ3) is 10.8. The van der Waals surface area contributed by atoms with Gasteiger partial charge in [0.2, 0.25) is 5.91 Å². The molecule has 2 rings (SSSR count). The average molecular weight is 543 g/mol. The van der Waals surface area contributed by atoms with Gasteiger partial charge in [-0.25, -0.2) is 8.42 Å². The van der Waals surface area contributed by atoms with E-state index in [4.69, 9.17) is 4.99 Å². The van der Waals surface area contributed by atoms with Crippen LogP contribution in [0.25, 0.3) is 0 Å². The third-order valence-electron chi connectivity index (χ3n) is 5.47. The second-order valence-electron chi connectivity index (χ2n) is 9.23. The Kier molecular flexibility index (Phi) is 10.7. The van der Waals surface area contributed by atoms with Crippen molar-refractivity contribution < 1.29 is 13.2 Å². The number of amides is 1. The lowest BCUT2D eigenvalue weighted by Crippen LogP contribution is -2.47. The molecule has 2 aliphatic carbocycles. The number of carbonyl (C=O) groups excluding carboxylic acids is 1. The van der Waals surface area contributed by atoms with Gasteiger partial charge < -0.3 is 16.0 Å². The molecule has 9 heteroatoms. The van der Waals surface area contributed by atoms with Crippen molar-refractivity contribution in [3.63, 3.8) is 0 Å². The fourth-order valence-corrected chi connectivity index (χ4v) is 4.38. The van der Waals surface area contributed by atoms with Gasteiger partial charge in [-0.1, -0.05) is 20.3 Å². The second-order valence-corrected chi connectivity index (χ2v) is 11.5. The van der Waals surface area contributed by atoms with Crippen LogP contribution in [0.2, 0.25) is 0 Å². The first-order valence-corrected chi connectivity index (χ1v) is 12.7. The highest BCUT2D eigenvalue weighted by molar-refractivity contribution is 14.0. The van der Waals surface area contributed by atoms with E-state index < -0.39 is 9.84 Å². The van der Waals surface area contributed by atoms with Gasteiger partial charge in [0.1, 0.15) is 9.84 Å². The number of nitrogens with one attached hydrogen (secondary N) is 3. The van der Waals surface area contributed by atoms with Gasteiger partial charge in [-0.05, 0) is 50.9 Å². The summed E-state index contributed by atoms with van der Waals surface area (Å²) in [5.74, 6) is 1.22. The Morgan fingerprint density at radius 2 is 1.79 bits per heavy atom. The minimum Gasteiger partial charge on any atom is -0.357 e. The van der Waals surface area contributed by atoms with Crippen molar-refractivity contribution >= 4 is 45.7 Å². The van der Waals surface area contributed by atoms with Crippen molar-refractivity contribution in [3.05, 3.63) is 0 Å². The van der Waals surface area contributed by atoms with E-state index in [-0.39, 0.29) is 53.0 Å². The summed E-state index contributed by atoms with van der Waals surface area (Å²) in [7, 11) is -2.97. The molecule has 0 saturated heterocycles. The predicted octanol–water partition coefficient (Wildman–Crippen LogP) is 2.46. The summed E-state index contributed by atoms with van der Waals surface area (Å²) in [6.07, 6.45) is 7.97. The van der Waals surface area contributed by atoms with Crippen LogP contribution in [-0.4, -0.2) is 57.5 Å². The Morgan fingerprint density at radius 1 is 1.10 bits per heavy atom. The van der Waals surface area contributed by atoms with Gasteiger partial charge in [-0.2, -0.15) is 0 Å². The van der Waals surface area contributed by atoms with Gasteiger partial charge in [-0.3, -0.25) is 9.79 Å². The molecule has 2 unspecified atom stereocenters. The van der Waals surface area contributed by atoms with Crippen LogP contribution in [0.5, 0.6) is 0 Å². The lowest BCUT2D eigenvalue weighted by molar-refractivity contribution is -0.126. The molecular formula is C20H39IN4O3S. The van der Waals surface area contributed by atoms with E-state index in [9.17, 15) is 13.2 Å². The van der Waals surface area contributed by atoms with Crippen molar-refractivity contribution in [2.24, 2.45) is 16.3 Å². The highest BCUT2D eigenvalue weighted by atomic mass is 127. The molecule has 2 atom stereocenters. The van der Waals surface area contributed by atoms with Crippen LogP contribution >= 0.6 is 24.0 Å². The molecule has 0 aliphatic heterocycles. The third-order valence-corrected chi connectivity index (χ3v) is 6.41. The Bertz CT molecular complexity index is 663. The maximum absolute atomic E-state index is 12.4. The van der Waals surface area contributed by atoms with Crippen LogP contribution < -0.4 is 16.0 Å². The second kappa shape index (κ2) is 11.7. The smallest absolute Gasteiger partial charge is 0.223 e. The summed E-state index contributed by atoms with van der Waals surface area (Å²) < 4.78 is 22.9. The molecular weight excluding hydrogens is 503 g/mol. The zero-order chi connectivity index (χ0) is 20.8. The summed E-state index contributed by atoms with van der Waals surface area (Å²) in [6.45, 7) is 7.43. The van der Waals surface area contributed by atoms with Gasteiger partial charge in [-0.15, -0.1) is 24.0 Å². The highest BCUT2D eigenvalue weighted by Gasteiger charge is 2.31. The van der Waals surface area contributed by atoms with Crippen LogP contribution in [0.4, 0.5) is 0 Å². The minimum absolute atomic E-state index is 0. The fourth-order valence-electron chi connectivity index (χ4n) is 3.45. The number of hydrogen-bond donors (Lipinski definition) is 3. The molecule has 170 valence electrons. The first-order valence-electron chi connectivity index (χ1n) is 10.6. The molecule has 0 heterocycles. The van der Waals surface area contributed by atoms with Gasteiger partial charge >= 0.3 is 0 Å². The van der Waals surface area contributed by atoms with Crippen molar-refractivity contribution in [1.29, 1.82) is 0 Å². The van der Waals surface area contributed by atoms with E-state index >= 15 is 0 Å². The van der Waals surface area contributed by atoms with E-state index in [0.717, 1.165) is 51.0 Å². The van der Waals surface area contributed by atoms with E-state index in [0.29, 0.717) is 19.0 Å². The minimum atomic E-state index is -2.97. The molecule has 0 radical (unpaired) electrons. The molecule has 29 heavy (non-hydrogen) atoms. The maximum atomic E-state index is 12.4.